The molecule has 1 aliphatic carbocycles. The zero-order valence-electron chi connectivity index (χ0n) is 20.9. The lowest BCUT2D eigenvalue weighted by Gasteiger charge is -2.24. The summed E-state index contributed by atoms with van der Waals surface area (Å²) in [5, 5.41) is 0.422. The first-order valence-corrected chi connectivity index (χ1v) is 14.1. The van der Waals surface area contributed by atoms with Crippen LogP contribution in [-0.4, -0.2) is 19.3 Å². The highest BCUT2D eigenvalue weighted by Crippen LogP contribution is 2.36. The number of aromatic nitrogens is 1. The molecular formula is C29H24ClF2N3O3S. The molecule has 10 heteroatoms. The number of hydrogen-bond acceptors (Lipinski definition) is 4. The van der Waals surface area contributed by atoms with Gasteiger partial charge in [-0.05, 0) is 85.5 Å². The number of pyridine rings is 1. The highest BCUT2D eigenvalue weighted by molar-refractivity contribution is 7.89. The van der Waals surface area contributed by atoms with E-state index in [2.05, 4.69) is 9.71 Å². The number of hydrogen-bond donors (Lipinski definition) is 1. The molecule has 1 heterocycles. The van der Waals surface area contributed by atoms with E-state index in [1.807, 2.05) is 37.3 Å². The van der Waals surface area contributed by atoms with Crippen LogP contribution >= 0.6 is 11.6 Å². The quantitative estimate of drug-likeness (QED) is 0.291. The van der Waals surface area contributed by atoms with Gasteiger partial charge in [-0.2, -0.15) is 0 Å². The minimum Gasteiger partial charge on any atom is -0.302 e. The Hall–Kier alpha value is -3.66. The third-order valence-corrected chi connectivity index (χ3v) is 8.32. The van der Waals surface area contributed by atoms with Crippen LogP contribution in [0.15, 0.2) is 83.8 Å². The first-order chi connectivity index (χ1) is 18.6. The van der Waals surface area contributed by atoms with Gasteiger partial charge in [-0.25, -0.2) is 21.9 Å². The van der Waals surface area contributed by atoms with Gasteiger partial charge in [0, 0.05) is 34.1 Å². The summed E-state index contributed by atoms with van der Waals surface area (Å²) in [5.41, 5.74) is 4.00. The Morgan fingerprint density at radius 3 is 2.59 bits per heavy atom. The van der Waals surface area contributed by atoms with Gasteiger partial charge in [-0.15, -0.1) is 0 Å². The van der Waals surface area contributed by atoms with Gasteiger partial charge in [0.2, 0.25) is 10.0 Å². The molecule has 6 nitrogen and oxygen atoms in total. The maximum absolute atomic E-state index is 14.3. The first-order valence-electron chi connectivity index (χ1n) is 12.2. The van der Waals surface area contributed by atoms with E-state index in [0.29, 0.717) is 46.4 Å². The molecule has 3 aromatic carbocycles. The lowest BCUT2D eigenvalue weighted by Crippen LogP contribution is -2.31. The number of fused-ring (bicyclic) bond motifs is 1. The van der Waals surface area contributed by atoms with Crippen molar-refractivity contribution in [2.45, 2.75) is 37.2 Å². The zero-order valence-corrected chi connectivity index (χ0v) is 22.4. The fraction of sp³-hybridized carbons (Fsp3) is 0.172. The Balaban J connectivity index is 1.50. The van der Waals surface area contributed by atoms with Crippen LogP contribution < -0.4 is 9.62 Å². The molecular weight excluding hydrogens is 544 g/mol. The molecule has 1 unspecified atom stereocenters. The van der Waals surface area contributed by atoms with E-state index in [1.165, 1.54) is 0 Å². The SMILES string of the molecule is Cc1cccc(CN(C(=O)c2cccc(Cl)c2)c2ccc3c(c2)C(NS(=O)(=O)c2ccc(F)cc2F)CC3)n1. The van der Waals surface area contributed by atoms with Gasteiger partial charge < -0.3 is 4.90 Å². The van der Waals surface area contributed by atoms with E-state index in [0.717, 1.165) is 23.4 Å². The van der Waals surface area contributed by atoms with E-state index in [4.69, 9.17) is 11.6 Å². The highest BCUT2D eigenvalue weighted by atomic mass is 35.5. The van der Waals surface area contributed by atoms with Crippen LogP contribution in [0.4, 0.5) is 14.5 Å². The fourth-order valence-corrected chi connectivity index (χ4v) is 6.23. The molecule has 0 aliphatic heterocycles. The fourth-order valence-electron chi connectivity index (χ4n) is 4.73. The van der Waals surface area contributed by atoms with Crippen molar-refractivity contribution >= 4 is 33.2 Å². The van der Waals surface area contributed by atoms with Crippen LogP contribution in [0.25, 0.3) is 0 Å². The van der Waals surface area contributed by atoms with E-state index >= 15 is 0 Å². The molecule has 39 heavy (non-hydrogen) atoms. The maximum Gasteiger partial charge on any atom is 0.258 e. The summed E-state index contributed by atoms with van der Waals surface area (Å²) in [6, 6.07) is 19.3. The van der Waals surface area contributed by atoms with E-state index in [-0.39, 0.29) is 12.5 Å². The number of rotatable bonds is 7. The Morgan fingerprint density at radius 2 is 1.85 bits per heavy atom. The summed E-state index contributed by atoms with van der Waals surface area (Å²) >= 11 is 6.15. The molecule has 1 aliphatic rings. The van der Waals surface area contributed by atoms with Gasteiger partial charge in [0.05, 0.1) is 12.2 Å². The summed E-state index contributed by atoms with van der Waals surface area (Å²) in [4.78, 5) is 19.2. The van der Waals surface area contributed by atoms with Gasteiger partial charge in [-0.1, -0.05) is 29.8 Å². The number of sulfonamides is 1. The van der Waals surface area contributed by atoms with Gasteiger partial charge in [-0.3, -0.25) is 9.78 Å². The monoisotopic (exact) mass is 567 g/mol. The van der Waals surface area contributed by atoms with Gasteiger partial charge >= 0.3 is 0 Å². The number of carbonyl (C=O) groups excluding carboxylic acids is 1. The normalized spacial score (nSPS) is 14.7. The summed E-state index contributed by atoms with van der Waals surface area (Å²) in [6.07, 6.45) is 1.04. The van der Waals surface area contributed by atoms with Gasteiger partial charge in [0.15, 0.2) is 0 Å². The number of halogens is 3. The molecule has 0 fully saturated rings. The van der Waals surface area contributed by atoms with Gasteiger partial charge in [0.1, 0.15) is 16.5 Å². The van der Waals surface area contributed by atoms with Crippen molar-refractivity contribution in [1.82, 2.24) is 9.71 Å². The molecule has 1 amide bonds. The zero-order chi connectivity index (χ0) is 27.7. The molecule has 5 rings (SSSR count). The van der Waals surface area contributed by atoms with Crippen molar-refractivity contribution < 1.29 is 22.0 Å². The van der Waals surface area contributed by atoms with Crippen molar-refractivity contribution in [3.05, 3.63) is 124 Å². The highest BCUT2D eigenvalue weighted by Gasteiger charge is 2.30. The molecule has 1 aromatic heterocycles. The predicted octanol–water partition coefficient (Wildman–Crippen LogP) is 6.13. The number of nitrogens with one attached hydrogen (secondary N) is 1. The molecule has 0 saturated heterocycles. The Bertz CT molecular complexity index is 1680. The smallest absolute Gasteiger partial charge is 0.258 e. The Morgan fingerprint density at radius 1 is 1.05 bits per heavy atom. The van der Waals surface area contributed by atoms with E-state index in [1.54, 1.807) is 35.2 Å². The number of aryl methyl sites for hydroxylation is 2. The molecule has 0 radical (unpaired) electrons. The molecule has 1 atom stereocenters. The minimum absolute atomic E-state index is 0.170. The molecule has 4 aromatic rings. The number of nitrogens with zero attached hydrogens (tertiary/aromatic N) is 2. The van der Waals surface area contributed by atoms with Crippen LogP contribution in [0.3, 0.4) is 0 Å². The maximum atomic E-state index is 14.3. The van der Waals surface area contributed by atoms with Crippen molar-refractivity contribution in [2.75, 3.05) is 4.90 Å². The number of benzene rings is 3. The molecule has 0 spiro atoms. The van der Waals surface area contributed by atoms with Crippen LogP contribution in [0.2, 0.25) is 5.02 Å². The van der Waals surface area contributed by atoms with Crippen molar-refractivity contribution in [1.29, 1.82) is 0 Å². The molecule has 0 bridgehead atoms. The largest absolute Gasteiger partial charge is 0.302 e. The standard InChI is InChI=1S/C29H24ClF2N3O3S/c1-18-4-2-7-23(33-18)17-35(29(36)20-5-3-6-21(30)14-20)24-11-8-19-9-12-27(25(19)16-24)34-39(37,38)28-13-10-22(31)15-26(28)32/h2-8,10-11,13-16,27,34H,9,12,17H2,1H3. The van der Waals surface area contributed by atoms with Crippen LogP contribution in [0.1, 0.15) is 45.3 Å². The second-order valence-electron chi connectivity index (χ2n) is 9.34. The third-order valence-electron chi connectivity index (χ3n) is 6.58. The second-order valence-corrected chi connectivity index (χ2v) is 11.5. The summed E-state index contributed by atoms with van der Waals surface area (Å²) in [6.45, 7) is 2.03. The third kappa shape index (κ3) is 5.85. The van der Waals surface area contributed by atoms with Crippen LogP contribution in [-0.2, 0) is 23.0 Å². The molecule has 200 valence electrons. The average molecular weight is 568 g/mol. The van der Waals surface area contributed by atoms with Crippen LogP contribution in [0, 0.1) is 18.6 Å². The average Bonchev–Trinajstić information content (AvgIpc) is 3.28. The lowest BCUT2D eigenvalue weighted by molar-refractivity contribution is 0.0984. The topological polar surface area (TPSA) is 79.4 Å². The lowest BCUT2D eigenvalue weighted by atomic mass is 10.1. The van der Waals surface area contributed by atoms with Crippen molar-refractivity contribution in [3.63, 3.8) is 0 Å². The summed E-state index contributed by atoms with van der Waals surface area (Å²) in [7, 11) is -4.28. The first kappa shape index (κ1) is 26.9. The van der Waals surface area contributed by atoms with Gasteiger partial charge in [0.25, 0.3) is 5.91 Å². The minimum atomic E-state index is -4.28. The van der Waals surface area contributed by atoms with Crippen LogP contribution in [0.5, 0.6) is 0 Å². The summed E-state index contributed by atoms with van der Waals surface area (Å²) in [5.74, 6) is -2.34. The van der Waals surface area contributed by atoms with E-state index < -0.39 is 32.6 Å². The Labute approximate surface area is 230 Å². The molecule has 1 N–H and O–H groups in total. The Kier molecular flexibility index (Phi) is 7.48. The second kappa shape index (κ2) is 10.8. The summed E-state index contributed by atoms with van der Waals surface area (Å²) < 4.78 is 56.2. The van der Waals surface area contributed by atoms with Crippen molar-refractivity contribution in [3.8, 4) is 0 Å². The van der Waals surface area contributed by atoms with E-state index in [9.17, 15) is 22.0 Å². The van der Waals surface area contributed by atoms with Crippen molar-refractivity contribution in [2.24, 2.45) is 0 Å². The number of carbonyl (C=O) groups is 1. The number of anilines is 1. The molecule has 0 saturated carbocycles. The number of amides is 1. The predicted molar refractivity (Wildman–Crippen MR) is 145 cm³/mol.